The SMILES string of the molecule is O=S(=O)(NCc1nccc(N2CCCCC2)n1)c1ccc(Br)cc1. The fourth-order valence-corrected chi connectivity index (χ4v) is 3.87. The summed E-state index contributed by atoms with van der Waals surface area (Å²) < 4.78 is 28.0. The van der Waals surface area contributed by atoms with Crippen LogP contribution in [0.1, 0.15) is 25.1 Å². The van der Waals surface area contributed by atoms with E-state index in [0.717, 1.165) is 36.2 Å². The Balaban J connectivity index is 1.68. The lowest BCUT2D eigenvalue weighted by Gasteiger charge is -2.27. The van der Waals surface area contributed by atoms with Crippen LogP contribution in [-0.4, -0.2) is 31.5 Å². The highest BCUT2D eigenvalue weighted by molar-refractivity contribution is 9.10. The molecule has 1 N–H and O–H groups in total. The van der Waals surface area contributed by atoms with Crippen molar-refractivity contribution in [2.24, 2.45) is 0 Å². The number of halogens is 1. The fraction of sp³-hybridized carbons (Fsp3) is 0.375. The van der Waals surface area contributed by atoms with Gasteiger partial charge in [0.15, 0.2) is 0 Å². The average molecular weight is 411 g/mol. The fourth-order valence-electron chi connectivity index (χ4n) is 2.63. The van der Waals surface area contributed by atoms with Crippen molar-refractivity contribution in [1.82, 2.24) is 14.7 Å². The summed E-state index contributed by atoms with van der Waals surface area (Å²) in [6.07, 6.45) is 5.26. The number of nitrogens with zero attached hydrogens (tertiary/aromatic N) is 3. The molecule has 1 fully saturated rings. The Hall–Kier alpha value is -1.51. The molecule has 8 heteroatoms. The highest BCUT2D eigenvalue weighted by atomic mass is 79.9. The summed E-state index contributed by atoms with van der Waals surface area (Å²) in [7, 11) is -3.58. The van der Waals surface area contributed by atoms with Gasteiger partial charge in [0.25, 0.3) is 0 Å². The smallest absolute Gasteiger partial charge is 0.240 e. The van der Waals surface area contributed by atoms with Crippen LogP contribution in [0.2, 0.25) is 0 Å². The van der Waals surface area contributed by atoms with E-state index in [-0.39, 0.29) is 11.4 Å². The van der Waals surface area contributed by atoms with E-state index < -0.39 is 10.0 Å². The molecule has 0 aliphatic carbocycles. The zero-order chi connectivity index (χ0) is 17.0. The molecular weight excluding hydrogens is 392 g/mol. The van der Waals surface area contributed by atoms with Crippen LogP contribution in [0.4, 0.5) is 5.82 Å². The van der Waals surface area contributed by atoms with Crippen LogP contribution in [0, 0.1) is 0 Å². The van der Waals surface area contributed by atoms with Gasteiger partial charge in [0.2, 0.25) is 10.0 Å². The van der Waals surface area contributed by atoms with Crippen molar-refractivity contribution in [3.05, 3.63) is 46.8 Å². The van der Waals surface area contributed by atoms with Crippen LogP contribution < -0.4 is 9.62 Å². The highest BCUT2D eigenvalue weighted by Crippen LogP contribution is 2.17. The minimum atomic E-state index is -3.58. The molecule has 2 aromatic rings. The van der Waals surface area contributed by atoms with Crippen LogP contribution in [0.25, 0.3) is 0 Å². The summed E-state index contributed by atoms with van der Waals surface area (Å²) in [5, 5.41) is 0. The number of anilines is 1. The number of nitrogens with one attached hydrogen (secondary N) is 1. The van der Waals surface area contributed by atoms with E-state index >= 15 is 0 Å². The number of hydrogen-bond donors (Lipinski definition) is 1. The first-order valence-corrected chi connectivity index (χ1v) is 10.1. The maximum absolute atomic E-state index is 12.3. The topological polar surface area (TPSA) is 75.2 Å². The van der Waals surface area contributed by atoms with Gasteiger partial charge in [-0.1, -0.05) is 15.9 Å². The van der Waals surface area contributed by atoms with E-state index in [1.165, 1.54) is 6.42 Å². The number of rotatable bonds is 5. The summed E-state index contributed by atoms with van der Waals surface area (Å²) >= 11 is 3.29. The summed E-state index contributed by atoms with van der Waals surface area (Å²) in [5.41, 5.74) is 0. The maximum atomic E-state index is 12.3. The molecule has 1 aromatic carbocycles. The van der Waals surface area contributed by atoms with E-state index in [1.54, 1.807) is 30.5 Å². The molecule has 0 unspecified atom stereocenters. The Morgan fingerprint density at radius 1 is 1.08 bits per heavy atom. The van der Waals surface area contributed by atoms with Gasteiger partial charge in [-0.15, -0.1) is 0 Å². The highest BCUT2D eigenvalue weighted by Gasteiger charge is 2.16. The van der Waals surface area contributed by atoms with Crippen LogP contribution >= 0.6 is 15.9 Å². The van der Waals surface area contributed by atoms with Crippen LogP contribution in [0.3, 0.4) is 0 Å². The van der Waals surface area contributed by atoms with Crippen molar-refractivity contribution < 1.29 is 8.42 Å². The first kappa shape index (κ1) is 17.3. The summed E-state index contributed by atoms with van der Waals surface area (Å²) in [6.45, 7) is 2.04. The van der Waals surface area contributed by atoms with Gasteiger partial charge in [-0.3, -0.25) is 0 Å². The summed E-state index contributed by atoms with van der Waals surface area (Å²) in [5.74, 6) is 1.33. The molecule has 0 atom stereocenters. The Bertz CT molecular complexity index is 790. The lowest BCUT2D eigenvalue weighted by atomic mass is 10.1. The molecule has 1 aromatic heterocycles. The molecule has 1 aliphatic rings. The number of aromatic nitrogens is 2. The molecular formula is C16H19BrN4O2S. The summed E-state index contributed by atoms with van der Waals surface area (Å²) in [6, 6.07) is 8.37. The summed E-state index contributed by atoms with van der Waals surface area (Å²) in [4.78, 5) is 11.1. The quantitative estimate of drug-likeness (QED) is 0.819. The molecule has 6 nitrogen and oxygen atoms in total. The molecule has 24 heavy (non-hydrogen) atoms. The normalized spacial score (nSPS) is 15.5. The van der Waals surface area contributed by atoms with E-state index in [9.17, 15) is 8.42 Å². The van der Waals surface area contributed by atoms with Crippen LogP contribution in [-0.2, 0) is 16.6 Å². The molecule has 3 rings (SSSR count). The maximum Gasteiger partial charge on any atom is 0.240 e. The van der Waals surface area contributed by atoms with Gasteiger partial charge in [0.1, 0.15) is 11.6 Å². The third-order valence-corrected chi connectivity index (χ3v) is 5.86. The molecule has 0 saturated carbocycles. The van der Waals surface area contributed by atoms with Gasteiger partial charge in [-0.25, -0.2) is 23.1 Å². The van der Waals surface area contributed by atoms with E-state index in [1.807, 2.05) is 6.07 Å². The van der Waals surface area contributed by atoms with Gasteiger partial charge < -0.3 is 4.90 Å². The molecule has 2 heterocycles. The number of sulfonamides is 1. The van der Waals surface area contributed by atoms with Crippen molar-refractivity contribution in [3.63, 3.8) is 0 Å². The van der Waals surface area contributed by atoms with E-state index in [0.29, 0.717) is 5.82 Å². The molecule has 1 saturated heterocycles. The second-order valence-electron chi connectivity index (χ2n) is 5.66. The molecule has 0 amide bonds. The first-order valence-electron chi connectivity index (χ1n) is 7.87. The Labute approximate surface area is 150 Å². The van der Waals surface area contributed by atoms with Gasteiger partial charge in [0, 0.05) is 23.8 Å². The zero-order valence-electron chi connectivity index (χ0n) is 13.2. The first-order chi connectivity index (χ1) is 11.5. The molecule has 0 spiro atoms. The van der Waals surface area contributed by atoms with Crippen molar-refractivity contribution in [2.45, 2.75) is 30.7 Å². The van der Waals surface area contributed by atoms with E-state index in [4.69, 9.17) is 0 Å². The number of hydrogen-bond acceptors (Lipinski definition) is 5. The minimum absolute atomic E-state index is 0.0695. The van der Waals surface area contributed by atoms with Crippen LogP contribution in [0.15, 0.2) is 45.9 Å². The molecule has 1 aliphatic heterocycles. The van der Waals surface area contributed by atoms with Gasteiger partial charge >= 0.3 is 0 Å². The number of piperidine rings is 1. The standard InChI is InChI=1S/C16H19BrN4O2S/c17-13-4-6-14(7-5-13)24(22,23)19-12-15-18-9-8-16(20-15)21-10-2-1-3-11-21/h4-9,19H,1-3,10-12H2. The van der Waals surface area contributed by atoms with Crippen molar-refractivity contribution >= 4 is 31.8 Å². The third-order valence-electron chi connectivity index (χ3n) is 3.92. The van der Waals surface area contributed by atoms with Crippen molar-refractivity contribution in [1.29, 1.82) is 0 Å². The van der Waals surface area contributed by atoms with Crippen molar-refractivity contribution in [3.8, 4) is 0 Å². The Kier molecular flexibility index (Phi) is 5.47. The Morgan fingerprint density at radius 2 is 1.79 bits per heavy atom. The van der Waals surface area contributed by atoms with Gasteiger partial charge in [-0.05, 0) is 49.6 Å². The lowest BCUT2D eigenvalue weighted by Crippen LogP contribution is -2.31. The van der Waals surface area contributed by atoms with Gasteiger partial charge in [0.05, 0.1) is 11.4 Å². The molecule has 0 bridgehead atoms. The predicted octanol–water partition coefficient (Wildman–Crippen LogP) is 2.71. The van der Waals surface area contributed by atoms with E-state index in [2.05, 4.69) is 35.5 Å². The minimum Gasteiger partial charge on any atom is -0.357 e. The molecule has 0 radical (unpaired) electrons. The second-order valence-corrected chi connectivity index (χ2v) is 8.34. The van der Waals surface area contributed by atoms with Crippen LogP contribution in [0.5, 0.6) is 0 Å². The van der Waals surface area contributed by atoms with Gasteiger partial charge in [-0.2, -0.15) is 0 Å². The third kappa shape index (κ3) is 4.31. The molecule has 128 valence electrons. The monoisotopic (exact) mass is 410 g/mol. The average Bonchev–Trinajstić information content (AvgIpc) is 2.61. The zero-order valence-corrected chi connectivity index (χ0v) is 15.6. The Morgan fingerprint density at radius 3 is 2.50 bits per heavy atom. The number of benzene rings is 1. The second kappa shape index (κ2) is 7.58. The lowest BCUT2D eigenvalue weighted by molar-refractivity contribution is 0.569. The predicted molar refractivity (Wildman–Crippen MR) is 96.3 cm³/mol. The van der Waals surface area contributed by atoms with Crippen molar-refractivity contribution in [2.75, 3.05) is 18.0 Å². The largest absolute Gasteiger partial charge is 0.357 e.